The van der Waals surface area contributed by atoms with Crippen molar-refractivity contribution in [3.63, 3.8) is 0 Å². The van der Waals surface area contributed by atoms with E-state index in [0.717, 1.165) is 7.11 Å². The van der Waals surface area contributed by atoms with Gasteiger partial charge in [0, 0.05) is 12.8 Å². The Labute approximate surface area is 151 Å². The summed E-state index contributed by atoms with van der Waals surface area (Å²) in [5.74, 6) is -1.88. The van der Waals surface area contributed by atoms with Crippen LogP contribution >= 0.6 is 0 Å². The average Bonchev–Trinajstić information content (AvgIpc) is 2.48. The second-order valence-corrected chi connectivity index (χ2v) is 15.3. The molecule has 2 atom stereocenters. The Kier molecular flexibility index (Phi) is 6.01. The summed E-state index contributed by atoms with van der Waals surface area (Å²) in [6.07, 6.45) is -1.08. The normalized spacial score (nSPS) is 28.7. The Bertz CT molecular complexity index is 650. The molecule has 7 nitrogen and oxygen atoms in total. The molecule has 2 unspecified atom stereocenters. The van der Waals surface area contributed by atoms with E-state index in [9.17, 15) is 23.1 Å². The van der Waals surface area contributed by atoms with Gasteiger partial charge in [-0.3, -0.25) is 4.79 Å². The van der Waals surface area contributed by atoms with Crippen molar-refractivity contribution in [2.75, 3.05) is 12.9 Å². The molecule has 1 fully saturated rings. The third-order valence-corrected chi connectivity index (χ3v) is 12.2. The molecule has 25 heavy (non-hydrogen) atoms. The lowest BCUT2D eigenvalue weighted by atomic mass is 9.82. The smallest absolute Gasteiger partial charge is 0.338 e. The number of carbonyl (C=O) groups is 2. The van der Waals surface area contributed by atoms with Crippen LogP contribution in [0.1, 0.15) is 47.0 Å². The van der Waals surface area contributed by atoms with Gasteiger partial charge in [-0.15, -0.1) is 0 Å². The number of Topliss-reactive ketones (excluding diaryl/α,β-unsaturated/α-hetero) is 1. The van der Waals surface area contributed by atoms with Crippen LogP contribution in [0.15, 0.2) is 0 Å². The van der Waals surface area contributed by atoms with E-state index in [2.05, 4.69) is 4.74 Å². The molecule has 0 amide bonds. The number of aliphatic hydroxyl groups is 1. The van der Waals surface area contributed by atoms with Gasteiger partial charge in [0.05, 0.1) is 12.9 Å². The van der Waals surface area contributed by atoms with Gasteiger partial charge in [-0.1, -0.05) is 27.7 Å². The predicted molar refractivity (Wildman–Crippen MR) is 96.3 cm³/mol. The van der Waals surface area contributed by atoms with Crippen LogP contribution in [-0.4, -0.2) is 57.0 Å². The summed E-state index contributed by atoms with van der Waals surface area (Å²) in [7, 11) is -5.63. The Morgan fingerprint density at radius 1 is 1.32 bits per heavy atom. The molecule has 0 bridgehead atoms. The zero-order chi connectivity index (χ0) is 19.9. The lowest BCUT2D eigenvalue weighted by molar-refractivity contribution is -0.172. The molecular weight excluding hydrogens is 364 g/mol. The van der Waals surface area contributed by atoms with Crippen LogP contribution in [0.2, 0.25) is 18.1 Å². The van der Waals surface area contributed by atoms with E-state index < -0.39 is 46.9 Å². The predicted octanol–water partition coefficient (Wildman–Crippen LogP) is 1.80. The highest BCUT2D eigenvalue weighted by molar-refractivity contribution is 7.93. The number of hydrogen-bond acceptors (Lipinski definition) is 7. The van der Waals surface area contributed by atoms with E-state index in [4.69, 9.17) is 4.43 Å². The van der Waals surface area contributed by atoms with Crippen LogP contribution in [0, 0.1) is 0 Å². The van der Waals surface area contributed by atoms with Crippen molar-refractivity contribution in [1.82, 2.24) is 0 Å². The molecule has 0 heterocycles. The SMILES string of the molecule is CCS(=O)(=O)C1(O[Si](C)(C)C(C)(C)C)CC(O)(C(=O)OC)CCC1=O. The van der Waals surface area contributed by atoms with Gasteiger partial charge >= 0.3 is 5.97 Å². The minimum atomic E-state index is -4.04. The largest absolute Gasteiger partial charge is 0.467 e. The molecule has 1 N–H and O–H groups in total. The quantitative estimate of drug-likeness (QED) is 0.559. The third kappa shape index (κ3) is 3.84. The van der Waals surface area contributed by atoms with Gasteiger partial charge < -0.3 is 14.3 Å². The van der Waals surface area contributed by atoms with Crippen molar-refractivity contribution < 1.29 is 32.3 Å². The summed E-state index contributed by atoms with van der Waals surface area (Å²) in [6, 6.07) is 0. The maximum Gasteiger partial charge on any atom is 0.338 e. The highest BCUT2D eigenvalue weighted by Gasteiger charge is 2.63. The first-order valence-corrected chi connectivity index (χ1v) is 12.9. The van der Waals surface area contributed by atoms with Gasteiger partial charge in [-0.25, -0.2) is 13.2 Å². The van der Waals surface area contributed by atoms with E-state index in [1.165, 1.54) is 6.92 Å². The molecule has 0 aromatic rings. The van der Waals surface area contributed by atoms with Crippen molar-refractivity contribution in [2.24, 2.45) is 0 Å². The Morgan fingerprint density at radius 3 is 2.24 bits per heavy atom. The van der Waals surface area contributed by atoms with Crippen LogP contribution in [0.3, 0.4) is 0 Å². The Balaban J connectivity index is 3.57. The second-order valence-electron chi connectivity index (χ2n) is 8.14. The summed E-state index contributed by atoms with van der Waals surface area (Å²) >= 11 is 0. The molecular formula is C16H30O7SSi. The van der Waals surface area contributed by atoms with E-state index in [1.807, 2.05) is 33.9 Å². The Hall–Kier alpha value is -0.773. The lowest BCUT2D eigenvalue weighted by Gasteiger charge is -2.48. The maximum atomic E-state index is 12.9. The van der Waals surface area contributed by atoms with Crippen molar-refractivity contribution in [1.29, 1.82) is 0 Å². The number of hydrogen-bond donors (Lipinski definition) is 1. The van der Waals surface area contributed by atoms with Crippen molar-refractivity contribution in [3.8, 4) is 0 Å². The molecule has 1 aliphatic rings. The summed E-state index contributed by atoms with van der Waals surface area (Å²) in [5.41, 5.74) is -2.06. The minimum Gasteiger partial charge on any atom is -0.467 e. The fourth-order valence-corrected chi connectivity index (χ4v) is 6.51. The molecule has 9 heteroatoms. The zero-order valence-corrected chi connectivity index (χ0v) is 17.9. The number of methoxy groups -OCH3 is 1. The van der Waals surface area contributed by atoms with Gasteiger partial charge in [0.1, 0.15) is 0 Å². The summed E-state index contributed by atoms with van der Waals surface area (Å²) < 4.78 is 36.6. The lowest BCUT2D eigenvalue weighted by Crippen LogP contribution is -2.64. The molecule has 146 valence electrons. The number of ether oxygens (including phenoxy) is 1. The number of esters is 1. The highest BCUT2D eigenvalue weighted by atomic mass is 32.2. The topological polar surface area (TPSA) is 107 Å². The minimum absolute atomic E-state index is 0.180. The average molecular weight is 395 g/mol. The monoisotopic (exact) mass is 394 g/mol. The molecule has 0 saturated heterocycles. The van der Waals surface area contributed by atoms with E-state index in [-0.39, 0.29) is 23.6 Å². The summed E-state index contributed by atoms with van der Waals surface area (Å²) in [5, 5.41) is 10.3. The first-order valence-electron chi connectivity index (χ1n) is 8.35. The van der Waals surface area contributed by atoms with E-state index in [1.54, 1.807) is 0 Å². The van der Waals surface area contributed by atoms with Crippen molar-refractivity contribution in [2.45, 2.75) is 75.6 Å². The molecule has 1 aliphatic carbocycles. The van der Waals surface area contributed by atoms with Crippen LogP contribution in [-0.2, 0) is 28.6 Å². The number of sulfone groups is 1. The zero-order valence-electron chi connectivity index (χ0n) is 16.1. The molecule has 1 rings (SSSR count). The van der Waals surface area contributed by atoms with Crippen LogP contribution in [0.5, 0.6) is 0 Å². The third-order valence-electron chi connectivity index (χ3n) is 5.39. The number of ketones is 1. The first-order chi connectivity index (χ1) is 11.1. The number of rotatable bonds is 5. The molecule has 1 saturated carbocycles. The van der Waals surface area contributed by atoms with Gasteiger partial charge in [0.25, 0.3) is 0 Å². The molecule has 0 aliphatic heterocycles. The van der Waals surface area contributed by atoms with Crippen LogP contribution in [0.25, 0.3) is 0 Å². The van der Waals surface area contributed by atoms with Crippen LogP contribution < -0.4 is 0 Å². The van der Waals surface area contributed by atoms with Gasteiger partial charge in [0.15, 0.2) is 29.5 Å². The van der Waals surface area contributed by atoms with Crippen LogP contribution in [0.4, 0.5) is 0 Å². The van der Waals surface area contributed by atoms with Crippen molar-refractivity contribution in [3.05, 3.63) is 0 Å². The highest BCUT2D eigenvalue weighted by Crippen LogP contribution is 2.46. The van der Waals surface area contributed by atoms with Gasteiger partial charge in [-0.05, 0) is 24.6 Å². The Morgan fingerprint density at radius 2 is 1.84 bits per heavy atom. The number of carbonyl (C=O) groups excluding carboxylic acids is 2. The molecule has 0 radical (unpaired) electrons. The van der Waals surface area contributed by atoms with E-state index in [0.29, 0.717) is 0 Å². The van der Waals surface area contributed by atoms with Gasteiger partial charge in [-0.2, -0.15) is 0 Å². The first kappa shape index (κ1) is 22.3. The summed E-state index contributed by atoms with van der Waals surface area (Å²) in [4.78, 5) is 22.6. The standard InChI is InChI=1S/C16H30O7SSi/c1-8-24(20,21)16(23-25(6,7)14(2,3)4)11-15(19,13(18)22-5)10-9-12(16)17/h19H,8-11H2,1-7H3. The second kappa shape index (κ2) is 6.75. The maximum absolute atomic E-state index is 12.9. The van der Waals surface area contributed by atoms with E-state index >= 15 is 0 Å². The van der Waals surface area contributed by atoms with Crippen molar-refractivity contribution >= 4 is 29.9 Å². The molecule has 0 aromatic carbocycles. The fraction of sp³-hybridized carbons (Fsp3) is 0.875. The molecule has 0 spiro atoms. The summed E-state index contributed by atoms with van der Waals surface area (Å²) in [6.45, 7) is 10.9. The van der Waals surface area contributed by atoms with Gasteiger partial charge in [0.2, 0.25) is 4.93 Å². The fourth-order valence-electron chi connectivity index (χ4n) is 2.69. The molecule has 0 aromatic heterocycles.